The standard InChI is InChI=1S/C14H16FNOS/c1-10-8-18-14(11(10)2)16-7-12-3-5-13(6-4-12)17-9-15/h3-6,8,16H,7,9H2,1-2H3. The average Bonchev–Trinajstić information content (AvgIpc) is 2.70. The highest BCUT2D eigenvalue weighted by Crippen LogP contribution is 2.27. The monoisotopic (exact) mass is 265 g/mol. The first kappa shape index (κ1) is 12.9. The summed E-state index contributed by atoms with van der Waals surface area (Å²) in [5.74, 6) is 0.560. The Morgan fingerprint density at radius 2 is 1.94 bits per heavy atom. The molecule has 0 aliphatic rings. The molecular formula is C14H16FNOS. The molecule has 4 heteroatoms. The van der Waals surface area contributed by atoms with Gasteiger partial charge in [-0.3, -0.25) is 0 Å². The SMILES string of the molecule is Cc1csc(NCc2ccc(OCF)cc2)c1C. The van der Waals surface area contributed by atoms with Crippen molar-refractivity contribution in [1.82, 2.24) is 0 Å². The molecule has 96 valence electrons. The molecule has 18 heavy (non-hydrogen) atoms. The number of hydrogen-bond donors (Lipinski definition) is 1. The molecule has 2 aromatic rings. The van der Waals surface area contributed by atoms with Gasteiger partial charge in [0.2, 0.25) is 6.86 Å². The summed E-state index contributed by atoms with van der Waals surface area (Å²) in [6.45, 7) is 4.20. The molecule has 0 saturated carbocycles. The second-order valence-corrected chi connectivity index (χ2v) is 5.00. The van der Waals surface area contributed by atoms with Crippen LogP contribution in [0.3, 0.4) is 0 Å². The van der Waals surface area contributed by atoms with Crippen LogP contribution in [-0.2, 0) is 6.54 Å². The molecule has 1 aromatic heterocycles. The van der Waals surface area contributed by atoms with E-state index in [2.05, 4.69) is 24.5 Å². The fourth-order valence-electron chi connectivity index (χ4n) is 1.63. The van der Waals surface area contributed by atoms with Crippen LogP contribution in [0, 0.1) is 13.8 Å². The van der Waals surface area contributed by atoms with Gasteiger partial charge in [0.25, 0.3) is 0 Å². The Morgan fingerprint density at radius 1 is 1.22 bits per heavy atom. The highest BCUT2D eigenvalue weighted by molar-refractivity contribution is 7.14. The van der Waals surface area contributed by atoms with Crippen molar-refractivity contribution in [2.24, 2.45) is 0 Å². The molecule has 0 fully saturated rings. The van der Waals surface area contributed by atoms with Crippen molar-refractivity contribution in [3.63, 3.8) is 0 Å². The molecule has 0 spiro atoms. The summed E-state index contributed by atoms with van der Waals surface area (Å²) >= 11 is 1.72. The van der Waals surface area contributed by atoms with Gasteiger partial charge in [-0.15, -0.1) is 11.3 Å². The van der Waals surface area contributed by atoms with Crippen molar-refractivity contribution in [3.8, 4) is 5.75 Å². The van der Waals surface area contributed by atoms with Crippen LogP contribution < -0.4 is 10.1 Å². The number of benzene rings is 1. The predicted molar refractivity (Wildman–Crippen MR) is 74.2 cm³/mol. The van der Waals surface area contributed by atoms with Gasteiger partial charge in [0.15, 0.2) is 0 Å². The molecule has 1 aromatic carbocycles. The van der Waals surface area contributed by atoms with E-state index in [9.17, 15) is 4.39 Å². The first-order valence-corrected chi connectivity index (χ1v) is 6.65. The van der Waals surface area contributed by atoms with Gasteiger partial charge in [0.1, 0.15) is 5.75 Å². The van der Waals surface area contributed by atoms with Crippen molar-refractivity contribution >= 4 is 16.3 Å². The molecule has 0 radical (unpaired) electrons. The molecule has 0 bridgehead atoms. The van der Waals surface area contributed by atoms with Gasteiger partial charge in [-0.25, -0.2) is 4.39 Å². The fraction of sp³-hybridized carbons (Fsp3) is 0.286. The lowest BCUT2D eigenvalue weighted by Gasteiger charge is -2.07. The maximum atomic E-state index is 12.0. The summed E-state index contributed by atoms with van der Waals surface area (Å²) in [5, 5.41) is 6.76. The second-order valence-electron chi connectivity index (χ2n) is 4.12. The molecule has 1 N–H and O–H groups in total. The summed E-state index contributed by atoms with van der Waals surface area (Å²) in [6, 6.07) is 7.44. The van der Waals surface area contributed by atoms with Crippen molar-refractivity contribution in [1.29, 1.82) is 0 Å². The molecule has 2 nitrogen and oxygen atoms in total. The molecular weight excluding hydrogens is 249 g/mol. The van der Waals surface area contributed by atoms with Crippen LogP contribution in [-0.4, -0.2) is 6.86 Å². The summed E-state index contributed by atoms with van der Waals surface area (Å²) in [4.78, 5) is 0. The summed E-state index contributed by atoms with van der Waals surface area (Å²) in [6.07, 6.45) is 0. The van der Waals surface area contributed by atoms with E-state index in [0.717, 1.165) is 12.1 Å². The minimum absolute atomic E-state index is 0.560. The van der Waals surface area contributed by atoms with E-state index in [-0.39, 0.29) is 0 Å². The molecule has 2 rings (SSSR count). The highest BCUT2D eigenvalue weighted by Gasteiger charge is 2.03. The number of rotatable bonds is 5. The van der Waals surface area contributed by atoms with Crippen LogP contribution in [0.5, 0.6) is 5.75 Å². The van der Waals surface area contributed by atoms with Crippen LogP contribution >= 0.6 is 11.3 Å². The summed E-state index contributed by atoms with van der Waals surface area (Å²) in [7, 11) is 0. The average molecular weight is 265 g/mol. The summed E-state index contributed by atoms with van der Waals surface area (Å²) < 4.78 is 16.7. The molecule has 0 saturated heterocycles. The largest absolute Gasteiger partial charge is 0.463 e. The zero-order chi connectivity index (χ0) is 13.0. The van der Waals surface area contributed by atoms with Crippen molar-refractivity contribution < 1.29 is 9.13 Å². The number of hydrogen-bond acceptors (Lipinski definition) is 3. The Kier molecular flexibility index (Phi) is 4.20. The minimum atomic E-state index is -0.786. The Morgan fingerprint density at radius 3 is 2.50 bits per heavy atom. The van der Waals surface area contributed by atoms with E-state index in [1.807, 2.05) is 12.1 Å². The number of halogens is 1. The Balaban J connectivity index is 1.96. The maximum Gasteiger partial charge on any atom is 0.228 e. The smallest absolute Gasteiger partial charge is 0.228 e. The van der Waals surface area contributed by atoms with Crippen molar-refractivity contribution in [2.45, 2.75) is 20.4 Å². The molecule has 1 heterocycles. The third-order valence-electron chi connectivity index (χ3n) is 2.88. The fourth-order valence-corrected chi connectivity index (χ4v) is 2.59. The number of aryl methyl sites for hydroxylation is 1. The van der Waals surface area contributed by atoms with Crippen LogP contribution in [0.15, 0.2) is 29.6 Å². The predicted octanol–water partition coefficient (Wildman–Crippen LogP) is 4.28. The number of anilines is 1. The Labute approximate surface area is 110 Å². The van der Waals surface area contributed by atoms with Gasteiger partial charge >= 0.3 is 0 Å². The lowest BCUT2D eigenvalue weighted by molar-refractivity contribution is 0.191. The topological polar surface area (TPSA) is 21.3 Å². The lowest BCUT2D eigenvalue weighted by atomic mass is 10.2. The number of thiophene rings is 1. The summed E-state index contributed by atoms with van der Waals surface area (Å²) in [5.41, 5.74) is 3.76. The maximum absolute atomic E-state index is 12.0. The first-order chi connectivity index (χ1) is 8.70. The zero-order valence-corrected chi connectivity index (χ0v) is 11.3. The molecule has 0 aliphatic heterocycles. The lowest BCUT2D eigenvalue weighted by Crippen LogP contribution is -1.99. The van der Waals surface area contributed by atoms with E-state index in [4.69, 9.17) is 4.74 Å². The van der Waals surface area contributed by atoms with Crippen LogP contribution in [0.25, 0.3) is 0 Å². The number of nitrogens with one attached hydrogen (secondary N) is 1. The van der Waals surface area contributed by atoms with Crippen LogP contribution in [0.2, 0.25) is 0 Å². The molecule has 0 amide bonds. The van der Waals surface area contributed by atoms with Gasteiger partial charge in [-0.1, -0.05) is 12.1 Å². The van der Waals surface area contributed by atoms with E-state index in [1.165, 1.54) is 16.1 Å². The van der Waals surface area contributed by atoms with Gasteiger partial charge in [0, 0.05) is 6.54 Å². The molecule has 0 aliphatic carbocycles. The van der Waals surface area contributed by atoms with Crippen LogP contribution in [0.4, 0.5) is 9.39 Å². The van der Waals surface area contributed by atoms with Gasteiger partial charge in [0.05, 0.1) is 5.00 Å². The third kappa shape index (κ3) is 3.01. The normalized spacial score (nSPS) is 10.4. The quantitative estimate of drug-likeness (QED) is 0.871. The van der Waals surface area contributed by atoms with Crippen molar-refractivity contribution in [2.75, 3.05) is 12.2 Å². The van der Waals surface area contributed by atoms with E-state index >= 15 is 0 Å². The van der Waals surface area contributed by atoms with Gasteiger partial charge in [-0.2, -0.15) is 0 Å². The third-order valence-corrected chi connectivity index (χ3v) is 4.04. The molecule has 0 atom stereocenters. The number of ether oxygens (including phenoxy) is 1. The highest BCUT2D eigenvalue weighted by atomic mass is 32.1. The molecule has 0 unspecified atom stereocenters. The second kappa shape index (κ2) is 5.87. The minimum Gasteiger partial charge on any atom is -0.463 e. The Hall–Kier alpha value is -1.55. The van der Waals surface area contributed by atoms with Gasteiger partial charge < -0.3 is 10.1 Å². The van der Waals surface area contributed by atoms with E-state index in [1.54, 1.807) is 23.5 Å². The van der Waals surface area contributed by atoms with E-state index < -0.39 is 6.86 Å². The van der Waals surface area contributed by atoms with Crippen LogP contribution in [0.1, 0.15) is 16.7 Å². The van der Waals surface area contributed by atoms with Crippen molar-refractivity contribution in [3.05, 3.63) is 46.3 Å². The zero-order valence-electron chi connectivity index (χ0n) is 10.5. The first-order valence-electron chi connectivity index (χ1n) is 5.77. The van der Waals surface area contributed by atoms with Gasteiger partial charge in [-0.05, 0) is 48.1 Å². The number of alkyl halides is 1. The van der Waals surface area contributed by atoms with E-state index in [0.29, 0.717) is 5.75 Å². The Bertz CT molecular complexity index is 507.